The normalized spacial score (nSPS) is 13.8. The van der Waals surface area contributed by atoms with E-state index in [2.05, 4.69) is 4.90 Å². The van der Waals surface area contributed by atoms with Crippen LogP contribution in [-0.2, 0) is 32.2 Å². The summed E-state index contributed by atoms with van der Waals surface area (Å²) in [6, 6.07) is 7.41. The number of para-hydroxylation sites is 1. The molecule has 0 fully saturated rings. The van der Waals surface area contributed by atoms with Crippen LogP contribution in [0.3, 0.4) is 0 Å². The van der Waals surface area contributed by atoms with Gasteiger partial charge < -0.3 is 4.90 Å². The molecule has 0 bridgehead atoms. The predicted octanol–water partition coefficient (Wildman–Crippen LogP) is 3.83. The third kappa shape index (κ3) is 4.32. The first-order chi connectivity index (χ1) is 16.4. The van der Waals surface area contributed by atoms with Gasteiger partial charge in [-0.3, -0.25) is 18.7 Å². The molecule has 34 heavy (non-hydrogen) atoms. The van der Waals surface area contributed by atoms with E-state index in [0.29, 0.717) is 34.2 Å². The van der Waals surface area contributed by atoms with Crippen LogP contribution >= 0.6 is 23.1 Å². The van der Waals surface area contributed by atoms with Gasteiger partial charge in [0.05, 0.1) is 22.0 Å². The second kappa shape index (κ2) is 9.64. The van der Waals surface area contributed by atoms with Crippen LogP contribution in [-0.4, -0.2) is 44.6 Å². The molecule has 3 heterocycles. The second-order valence-corrected chi connectivity index (χ2v) is 11.1. The molecule has 5 rings (SSSR count). The summed E-state index contributed by atoms with van der Waals surface area (Å²) >= 11 is 3.17. The lowest BCUT2D eigenvalue weighted by molar-refractivity contribution is 0.379. The van der Waals surface area contributed by atoms with E-state index in [1.54, 1.807) is 29.0 Å². The molecule has 7 nitrogen and oxygen atoms in total. The summed E-state index contributed by atoms with van der Waals surface area (Å²) in [5, 5.41) is 2.14. The number of thiophene rings is 1. The van der Waals surface area contributed by atoms with Crippen molar-refractivity contribution >= 4 is 44.2 Å². The zero-order valence-electron chi connectivity index (χ0n) is 19.8. The SMILES string of the molecule is CN(C)CCCn1c(SCc2nc3ccccc3c(=O)n2C)nc2sc3c(c2c1=O)CCCC3. The second-order valence-electron chi connectivity index (χ2n) is 9.10. The highest BCUT2D eigenvalue weighted by atomic mass is 32.2. The number of thioether (sulfide) groups is 1. The van der Waals surface area contributed by atoms with E-state index in [1.807, 2.05) is 36.9 Å². The van der Waals surface area contributed by atoms with Crippen molar-refractivity contribution in [2.75, 3.05) is 20.6 Å². The smallest absolute Gasteiger partial charge is 0.263 e. The van der Waals surface area contributed by atoms with Gasteiger partial charge in [0.1, 0.15) is 10.7 Å². The van der Waals surface area contributed by atoms with E-state index in [4.69, 9.17) is 9.97 Å². The van der Waals surface area contributed by atoms with Crippen LogP contribution in [0.4, 0.5) is 0 Å². The minimum absolute atomic E-state index is 0.0566. The van der Waals surface area contributed by atoms with Crippen molar-refractivity contribution in [1.29, 1.82) is 0 Å². The lowest BCUT2D eigenvalue weighted by Crippen LogP contribution is -2.26. The third-order valence-corrected chi connectivity index (χ3v) is 8.59. The Morgan fingerprint density at radius 3 is 2.71 bits per heavy atom. The van der Waals surface area contributed by atoms with Crippen molar-refractivity contribution in [1.82, 2.24) is 24.0 Å². The first-order valence-electron chi connectivity index (χ1n) is 11.7. The Bertz CT molecular complexity index is 1480. The lowest BCUT2D eigenvalue weighted by atomic mass is 9.97. The highest BCUT2D eigenvalue weighted by Gasteiger charge is 2.22. The standard InChI is InChI=1S/C25H29N5O2S2/c1-28(2)13-8-14-30-24(32)21-17-10-5-7-12-19(17)34-22(21)27-25(30)33-15-20-26-18-11-6-4-9-16(18)23(31)29(20)3/h4,6,9,11H,5,7-8,10,12-15H2,1-3H3. The Kier molecular flexibility index (Phi) is 6.59. The molecule has 1 aromatic carbocycles. The third-order valence-electron chi connectivity index (χ3n) is 6.43. The van der Waals surface area contributed by atoms with Crippen LogP contribution in [0.15, 0.2) is 39.0 Å². The van der Waals surface area contributed by atoms with E-state index in [1.165, 1.54) is 28.6 Å². The number of aromatic nitrogens is 4. The predicted molar refractivity (Wildman–Crippen MR) is 140 cm³/mol. The summed E-state index contributed by atoms with van der Waals surface area (Å²) < 4.78 is 3.45. The molecule has 3 aromatic heterocycles. The number of nitrogens with zero attached hydrogens (tertiary/aromatic N) is 5. The minimum Gasteiger partial charge on any atom is -0.309 e. The molecule has 0 spiro atoms. The number of rotatable bonds is 7. The van der Waals surface area contributed by atoms with Gasteiger partial charge in [-0.15, -0.1) is 11.3 Å². The molecule has 0 radical (unpaired) electrons. The maximum absolute atomic E-state index is 13.7. The van der Waals surface area contributed by atoms with Gasteiger partial charge in [0.25, 0.3) is 11.1 Å². The molecule has 0 unspecified atom stereocenters. The summed E-state index contributed by atoms with van der Waals surface area (Å²) in [5.41, 5.74) is 1.93. The highest BCUT2D eigenvalue weighted by Crippen LogP contribution is 2.35. The molecule has 0 saturated carbocycles. The fourth-order valence-electron chi connectivity index (χ4n) is 4.59. The molecular formula is C25H29N5O2S2. The van der Waals surface area contributed by atoms with Crippen molar-refractivity contribution in [3.05, 3.63) is 61.2 Å². The Morgan fingerprint density at radius 2 is 1.88 bits per heavy atom. The molecule has 0 aliphatic heterocycles. The molecule has 178 valence electrons. The summed E-state index contributed by atoms with van der Waals surface area (Å²) in [4.78, 5) is 40.5. The van der Waals surface area contributed by atoms with Crippen LogP contribution in [0.25, 0.3) is 21.1 Å². The van der Waals surface area contributed by atoms with Gasteiger partial charge >= 0.3 is 0 Å². The average Bonchev–Trinajstić information content (AvgIpc) is 3.20. The maximum Gasteiger partial charge on any atom is 0.263 e. The van der Waals surface area contributed by atoms with Gasteiger partial charge in [-0.1, -0.05) is 23.9 Å². The molecule has 1 aliphatic rings. The molecular weight excluding hydrogens is 466 g/mol. The van der Waals surface area contributed by atoms with Gasteiger partial charge in [0, 0.05) is 18.5 Å². The van der Waals surface area contributed by atoms with Crippen LogP contribution in [0.5, 0.6) is 0 Å². The zero-order chi connectivity index (χ0) is 23.8. The first-order valence-corrected chi connectivity index (χ1v) is 13.5. The van der Waals surface area contributed by atoms with E-state index >= 15 is 0 Å². The Labute approximate surface area is 206 Å². The van der Waals surface area contributed by atoms with Gasteiger partial charge in [-0.25, -0.2) is 9.97 Å². The first kappa shape index (κ1) is 23.3. The van der Waals surface area contributed by atoms with Gasteiger partial charge in [-0.05, 0) is 70.4 Å². The zero-order valence-corrected chi connectivity index (χ0v) is 21.5. The van der Waals surface area contributed by atoms with Crippen molar-refractivity contribution in [3.8, 4) is 0 Å². The monoisotopic (exact) mass is 495 g/mol. The lowest BCUT2D eigenvalue weighted by Gasteiger charge is -2.15. The van der Waals surface area contributed by atoms with Crippen LogP contribution in [0, 0.1) is 0 Å². The van der Waals surface area contributed by atoms with E-state index in [-0.39, 0.29) is 11.1 Å². The van der Waals surface area contributed by atoms with E-state index in [0.717, 1.165) is 42.4 Å². The maximum atomic E-state index is 13.7. The van der Waals surface area contributed by atoms with Gasteiger partial charge in [0.2, 0.25) is 0 Å². The van der Waals surface area contributed by atoms with E-state index in [9.17, 15) is 9.59 Å². The van der Waals surface area contributed by atoms with E-state index < -0.39 is 0 Å². The quantitative estimate of drug-likeness (QED) is 0.287. The van der Waals surface area contributed by atoms with Crippen LogP contribution in [0.1, 0.15) is 35.5 Å². The van der Waals surface area contributed by atoms with Crippen molar-refractivity contribution < 1.29 is 0 Å². The molecule has 0 N–H and O–H groups in total. The highest BCUT2D eigenvalue weighted by molar-refractivity contribution is 7.98. The number of benzene rings is 1. The number of aryl methyl sites for hydroxylation is 2. The summed E-state index contributed by atoms with van der Waals surface area (Å²) in [6.45, 7) is 1.52. The van der Waals surface area contributed by atoms with Gasteiger partial charge in [0.15, 0.2) is 5.16 Å². The van der Waals surface area contributed by atoms with Crippen LogP contribution in [0.2, 0.25) is 0 Å². The number of hydrogen-bond acceptors (Lipinski definition) is 7. The summed E-state index contributed by atoms with van der Waals surface area (Å²) in [7, 11) is 5.84. The topological polar surface area (TPSA) is 73.0 Å². The van der Waals surface area contributed by atoms with Crippen molar-refractivity contribution in [2.24, 2.45) is 7.05 Å². The fraction of sp³-hybridized carbons (Fsp3) is 0.440. The summed E-state index contributed by atoms with van der Waals surface area (Å²) in [5.74, 6) is 1.14. The molecule has 0 atom stereocenters. The Hall–Kier alpha value is -2.49. The Morgan fingerprint density at radius 1 is 1.09 bits per heavy atom. The number of fused-ring (bicyclic) bond motifs is 4. The average molecular weight is 496 g/mol. The Balaban J connectivity index is 1.54. The molecule has 0 saturated heterocycles. The largest absolute Gasteiger partial charge is 0.309 e. The van der Waals surface area contributed by atoms with Crippen LogP contribution < -0.4 is 11.1 Å². The molecule has 1 aliphatic carbocycles. The minimum atomic E-state index is -0.0566. The van der Waals surface area contributed by atoms with Gasteiger partial charge in [-0.2, -0.15) is 0 Å². The summed E-state index contributed by atoms with van der Waals surface area (Å²) in [6.07, 6.45) is 5.20. The van der Waals surface area contributed by atoms with Crippen molar-refractivity contribution in [2.45, 2.75) is 49.6 Å². The number of hydrogen-bond donors (Lipinski definition) is 0. The molecule has 0 amide bonds. The molecule has 9 heteroatoms. The fourth-order valence-corrected chi connectivity index (χ4v) is 6.91. The van der Waals surface area contributed by atoms with Crippen molar-refractivity contribution in [3.63, 3.8) is 0 Å². The molecule has 4 aromatic rings.